The molecule has 1 atom stereocenters. The predicted molar refractivity (Wildman–Crippen MR) is 61.9 cm³/mol. The largest absolute Gasteiger partial charge is 0.396 e. The molecule has 2 fully saturated rings. The van der Waals surface area contributed by atoms with Crippen molar-refractivity contribution in [3.63, 3.8) is 0 Å². The summed E-state index contributed by atoms with van der Waals surface area (Å²) >= 11 is 0. The molecule has 0 aromatic heterocycles. The smallest absolute Gasteiger partial charge is 0.0474 e. The maximum Gasteiger partial charge on any atom is 0.0474 e. The molecule has 1 aliphatic carbocycles. The summed E-state index contributed by atoms with van der Waals surface area (Å²) in [6.07, 6.45) is 4.07. The van der Waals surface area contributed by atoms with Gasteiger partial charge in [-0.15, -0.1) is 0 Å². The number of piperazine rings is 1. The van der Waals surface area contributed by atoms with Crippen LogP contribution in [-0.4, -0.2) is 61.3 Å². The van der Waals surface area contributed by atoms with Gasteiger partial charge in [-0.1, -0.05) is 19.3 Å². The quantitative estimate of drug-likeness (QED) is 0.741. The fourth-order valence-corrected chi connectivity index (χ4v) is 2.63. The van der Waals surface area contributed by atoms with Gasteiger partial charge in [0.05, 0.1) is 0 Å². The molecule has 1 aliphatic heterocycles. The van der Waals surface area contributed by atoms with Gasteiger partial charge >= 0.3 is 0 Å². The van der Waals surface area contributed by atoms with Crippen LogP contribution in [0.25, 0.3) is 0 Å². The molecular weight excluding hydrogens is 188 g/mol. The van der Waals surface area contributed by atoms with E-state index in [1.165, 1.54) is 45.4 Å². The number of aliphatic hydroxyl groups is 1. The van der Waals surface area contributed by atoms with Gasteiger partial charge in [-0.25, -0.2) is 0 Å². The Bertz CT molecular complexity index is 186. The fourth-order valence-electron chi connectivity index (χ4n) is 2.63. The summed E-state index contributed by atoms with van der Waals surface area (Å²) in [5, 5.41) is 9.41. The summed E-state index contributed by atoms with van der Waals surface area (Å²) < 4.78 is 0. The van der Waals surface area contributed by atoms with Gasteiger partial charge in [-0.3, -0.25) is 0 Å². The third-order valence-electron chi connectivity index (χ3n) is 4.14. The summed E-state index contributed by atoms with van der Waals surface area (Å²) in [4.78, 5) is 4.91. The van der Waals surface area contributed by atoms with E-state index < -0.39 is 0 Å². The van der Waals surface area contributed by atoms with Crippen molar-refractivity contribution < 1.29 is 5.11 Å². The normalized spacial score (nSPS) is 27.6. The molecule has 0 spiro atoms. The van der Waals surface area contributed by atoms with Crippen molar-refractivity contribution in [2.75, 3.05) is 46.4 Å². The van der Waals surface area contributed by atoms with Crippen molar-refractivity contribution in [3.8, 4) is 0 Å². The van der Waals surface area contributed by atoms with Gasteiger partial charge in [0, 0.05) is 39.3 Å². The first kappa shape index (κ1) is 11.4. The fraction of sp³-hybridized carbons (Fsp3) is 1.00. The monoisotopic (exact) mass is 212 g/mol. The third kappa shape index (κ3) is 2.92. The SMILES string of the molecule is CN1CCN(CC(CO)C2CCC2)CC1. The van der Waals surface area contributed by atoms with Gasteiger partial charge in [0.1, 0.15) is 0 Å². The average molecular weight is 212 g/mol. The lowest BCUT2D eigenvalue weighted by molar-refractivity contribution is 0.0639. The molecule has 2 aliphatic rings. The molecule has 1 N–H and O–H groups in total. The molecule has 3 heteroatoms. The minimum absolute atomic E-state index is 0.386. The van der Waals surface area contributed by atoms with Gasteiger partial charge in [0.15, 0.2) is 0 Å². The maximum atomic E-state index is 9.41. The van der Waals surface area contributed by atoms with Gasteiger partial charge in [0.25, 0.3) is 0 Å². The molecule has 0 radical (unpaired) electrons. The van der Waals surface area contributed by atoms with Crippen LogP contribution in [0.3, 0.4) is 0 Å². The van der Waals surface area contributed by atoms with E-state index in [4.69, 9.17) is 0 Å². The zero-order valence-electron chi connectivity index (χ0n) is 9.86. The molecule has 2 rings (SSSR count). The molecule has 1 unspecified atom stereocenters. The summed E-state index contributed by atoms with van der Waals surface area (Å²) in [5.74, 6) is 1.36. The van der Waals surface area contributed by atoms with E-state index in [0.29, 0.717) is 12.5 Å². The molecule has 15 heavy (non-hydrogen) atoms. The van der Waals surface area contributed by atoms with Gasteiger partial charge in [-0.05, 0) is 18.9 Å². The van der Waals surface area contributed by atoms with Crippen molar-refractivity contribution in [3.05, 3.63) is 0 Å². The second-order valence-corrected chi connectivity index (χ2v) is 5.24. The first-order valence-electron chi connectivity index (χ1n) is 6.31. The van der Waals surface area contributed by atoms with Gasteiger partial charge in [-0.2, -0.15) is 0 Å². The Labute approximate surface area is 93.1 Å². The van der Waals surface area contributed by atoms with E-state index in [1.54, 1.807) is 0 Å². The van der Waals surface area contributed by atoms with E-state index in [2.05, 4.69) is 16.8 Å². The molecular formula is C12H24N2O. The Morgan fingerprint density at radius 1 is 1.20 bits per heavy atom. The number of likely N-dealkylation sites (N-methyl/N-ethyl adjacent to an activating group) is 1. The van der Waals surface area contributed by atoms with Crippen molar-refractivity contribution in [2.24, 2.45) is 11.8 Å². The molecule has 0 amide bonds. The third-order valence-corrected chi connectivity index (χ3v) is 4.14. The summed E-state index contributed by atoms with van der Waals surface area (Å²) in [6.45, 7) is 6.23. The van der Waals surface area contributed by atoms with Crippen LogP contribution in [0.4, 0.5) is 0 Å². The molecule has 1 saturated carbocycles. The number of hydrogen-bond donors (Lipinski definition) is 1. The first-order chi connectivity index (χ1) is 7.29. The maximum absolute atomic E-state index is 9.41. The molecule has 0 aromatic rings. The Hall–Kier alpha value is -0.120. The lowest BCUT2D eigenvalue weighted by Gasteiger charge is -2.39. The van der Waals surface area contributed by atoms with Crippen LogP contribution >= 0.6 is 0 Å². The van der Waals surface area contributed by atoms with Crippen LogP contribution < -0.4 is 0 Å². The average Bonchev–Trinajstić information content (AvgIpc) is 2.17. The van der Waals surface area contributed by atoms with E-state index in [0.717, 1.165) is 12.5 Å². The predicted octanol–water partition coefficient (Wildman–Crippen LogP) is 0.642. The topological polar surface area (TPSA) is 26.7 Å². The molecule has 1 saturated heterocycles. The Balaban J connectivity index is 1.74. The lowest BCUT2D eigenvalue weighted by Crippen LogP contribution is -2.47. The molecule has 88 valence electrons. The number of hydrogen-bond acceptors (Lipinski definition) is 3. The van der Waals surface area contributed by atoms with Crippen LogP contribution in [-0.2, 0) is 0 Å². The highest BCUT2D eigenvalue weighted by Gasteiger charge is 2.28. The van der Waals surface area contributed by atoms with Gasteiger partial charge in [0.2, 0.25) is 0 Å². The summed E-state index contributed by atoms with van der Waals surface area (Å²) in [5.41, 5.74) is 0. The molecule has 1 heterocycles. The van der Waals surface area contributed by atoms with E-state index in [-0.39, 0.29) is 0 Å². The minimum Gasteiger partial charge on any atom is -0.396 e. The summed E-state index contributed by atoms with van der Waals surface area (Å²) in [6, 6.07) is 0. The molecule has 3 nitrogen and oxygen atoms in total. The number of aliphatic hydroxyl groups excluding tert-OH is 1. The zero-order valence-corrected chi connectivity index (χ0v) is 9.86. The highest BCUT2D eigenvalue weighted by atomic mass is 16.3. The second kappa shape index (κ2) is 5.28. The second-order valence-electron chi connectivity index (χ2n) is 5.24. The minimum atomic E-state index is 0.386. The van der Waals surface area contributed by atoms with Crippen LogP contribution in [0, 0.1) is 11.8 Å². The highest BCUT2D eigenvalue weighted by Crippen LogP contribution is 2.33. The van der Waals surface area contributed by atoms with Crippen molar-refractivity contribution in [1.82, 2.24) is 9.80 Å². The van der Waals surface area contributed by atoms with Crippen LogP contribution in [0.2, 0.25) is 0 Å². The standard InChI is InChI=1S/C12H24N2O/c1-13-5-7-14(8-6-13)9-12(10-15)11-3-2-4-11/h11-12,15H,2-10H2,1H3. The van der Waals surface area contributed by atoms with Crippen molar-refractivity contribution in [1.29, 1.82) is 0 Å². The van der Waals surface area contributed by atoms with Crippen LogP contribution in [0.15, 0.2) is 0 Å². The van der Waals surface area contributed by atoms with Crippen LogP contribution in [0.5, 0.6) is 0 Å². The Kier molecular flexibility index (Phi) is 4.00. The lowest BCUT2D eigenvalue weighted by atomic mass is 9.76. The van der Waals surface area contributed by atoms with E-state index in [9.17, 15) is 5.11 Å². The van der Waals surface area contributed by atoms with E-state index in [1.807, 2.05) is 0 Å². The first-order valence-corrected chi connectivity index (χ1v) is 6.31. The zero-order chi connectivity index (χ0) is 10.7. The van der Waals surface area contributed by atoms with Crippen LogP contribution in [0.1, 0.15) is 19.3 Å². The Morgan fingerprint density at radius 2 is 1.87 bits per heavy atom. The molecule has 0 bridgehead atoms. The number of rotatable bonds is 4. The summed E-state index contributed by atoms with van der Waals surface area (Å²) in [7, 11) is 2.19. The highest BCUT2D eigenvalue weighted by molar-refractivity contribution is 4.81. The van der Waals surface area contributed by atoms with E-state index >= 15 is 0 Å². The van der Waals surface area contributed by atoms with Crippen molar-refractivity contribution >= 4 is 0 Å². The van der Waals surface area contributed by atoms with Gasteiger partial charge < -0.3 is 14.9 Å². The molecule has 0 aromatic carbocycles. The number of nitrogens with zero attached hydrogens (tertiary/aromatic N) is 2. The Morgan fingerprint density at radius 3 is 2.33 bits per heavy atom. The van der Waals surface area contributed by atoms with Crippen molar-refractivity contribution in [2.45, 2.75) is 19.3 Å².